The zero-order valence-corrected chi connectivity index (χ0v) is 16.4. The predicted molar refractivity (Wildman–Crippen MR) is 98.5 cm³/mol. The number of nitrogens with zero attached hydrogens (tertiary/aromatic N) is 1. The number of methoxy groups -OCH3 is 2. The monoisotopic (exact) mass is 406 g/mol. The molecule has 0 aromatic heterocycles. The third-order valence-corrected chi connectivity index (χ3v) is 5.23. The van der Waals surface area contributed by atoms with Crippen LogP contribution in [0.2, 0.25) is 0 Å². The number of ether oxygens (including phenoxy) is 3. The number of piperidine rings is 1. The van der Waals surface area contributed by atoms with Gasteiger partial charge in [0.2, 0.25) is 5.75 Å². The summed E-state index contributed by atoms with van der Waals surface area (Å²) < 4.78 is 40.0. The molecule has 9 heteroatoms. The summed E-state index contributed by atoms with van der Waals surface area (Å²) in [5.74, 6) is -0.348. The predicted octanol–water partition coefficient (Wildman–Crippen LogP) is 3.08. The molecule has 27 heavy (non-hydrogen) atoms. The summed E-state index contributed by atoms with van der Waals surface area (Å²) in [5, 5.41) is 3.55. The number of amides is 1. The van der Waals surface area contributed by atoms with Crippen LogP contribution >= 0.6 is 12.4 Å². The molecule has 152 valence electrons. The first kappa shape index (κ1) is 21.5. The molecule has 0 aliphatic carbocycles. The zero-order chi connectivity index (χ0) is 18.8. The summed E-state index contributed by atoms with van der Waals surface area (Å²) in [6.07, 6.45) is 4.12. The maximum absolute atomic E-state index is 13.0. The van der Waals surface area contributed by atoms with E-state index in [2.05, 4.69) is 10.1 Å². The Morgan fingerprint density at radius 3 is 2.11 bits per heavy atom. The third-order valence-electron chi connectivity index (χ3n) is 5.23. The molecule has 1 N–H and O–H groups in total. The molecular weight excluding hydrogens is 382 g/mol. The lowest BCUT2D eigenvalue weighted by Crippen LogP contribution is -2.48. The number of benzene rings is 1. The van der Waals surface area contributed by atoms with Gasteiger partial charge in [-0.3, -0.25) is 4.79 Å². The average Bonchev–Trinajstić information content (AvgIpc) is 2.97. The van der Waals surface area contributed by atoms with Gasteiger partial charge in [0.25, 0.3) is 5.91 Å². The van der Waals surface area contributed by atoms with Crippen LogP contribution in [0.3, 0.4) is 0 Å². The first-order valence-corrected chi connectivity index (χ1v) is 8.67. The van der Waals surface area contributed by atoms with Crippen LogP contribution in [0.1, 0.15) is 36.0 Å². The number of carbonyl (C=O) groups is 1. The molecule has 2 aliphatic heterocycles. The van der Waals surface area contributed by atoms with E-state index in [4.69, 9.17) is 9.47 Å². The van der Waals surface area contributed by atoms with Crippen LogP contribution < -0.4 is 19.5 Å². The molecule has 0 spiro atoms. The Hall–Kier alpha value is -1.80. The number of halogens is 3. The fourth-order valence-electron chi connectivity index (χ4n) is 3.92. The number of nitrogens with one attached hydrogen (secondary N) is 1. The highest BCUT2D eigenvalue weighted by molar-refractivity contribution is 5.95. The van der Waals surface area contributed by atoms with Crippen LogP contribution in [-0.4, -0.2) is 56.8 Å². The molecule has 2 bridgehead atoms. The number of alkyl halides is 2. The van der Waals surface area contributed by atoms with Crippen LogP contribution in [0.4, 0.5) is 8.78 Å². The second-order valence-corrected chi connectivity index (χ2v) is 6.77. The summed E-state index contributed by atoms with van der Waals surface area (Å²) in [5.41, 5.74) is 0.314. The Morgan fingerprint density at radius 1 is 1.15 bits per heavy atom. The number of hydrogen-bond donors (Lipinski definition) is 1. The van der Waals surface area contributed by atoms with Crippen molar-refractivity contribution in [2.75, 3.05) is 21.3 Å². The Morgan fingerprint density at radius 2 is 1.67 bits per heavy atom. The number of rotatable bonds is 6. The average molecular weight is 407 g/mol. The summed E-state index contributed by atoms with van der Waals surface area (Å²) in [7, 11) is 4.44. The van der Waals surface area contributed by atoms with E-state index in [9.17, 15) is 13.6 Å². The number of hydrogen-bond acceptors (Lipinski definition) is 5. The van der Waals surface area contributed by atoms with Gasteiger partial charge in [-0.2, -0.15) is 8.78 Å². The van der Waals surface area contributed by atoms with Crippen LogP contribution in [0.15, 0.2) is 12.1 Å². The van der Waals surface area contributed by atoms with Gasteiger partial charge in [-0.25, -0.2) is 0 Å². The molecule has 2 aliphatic rings. The summed E-state index contributed by atoms with van der Waals surface area (Å²) in [6, 6.07) is 3.89. The Kier molecular flexibility index (Phi) is 7.11. The van der Waals surface area contributed by atoms with Crippen molar-refractivity contribution in [2.45, 2.75) is 50.4 Å². The molecular formula is C18H25ClF2N2O4. The molecule has 1 aromatic rings. The minimum Gasteiger partial charge on any atom is -0.493 e. The van der Waals surface area contributed by atoms with Crippen molar-refractivity contribution in [1.82, 2.24) is 10.2 Å². The molecule has 1 amide bonds. The lowest BCUT2D eigenvalue weighted by molar-refractivity contribution is -0.0526. The standard InChI is InChI=1S/C18H24F2N2O4.ClH/c1-22(13-8-11-4-5-12(9-13)21-11)17(23)10-6-14(24-2)16(26-18(19)20)15(7-10)25-3;/h6-7,11-13,18,21H,4-5,8-9H2,1-3H3;1H. The van der Waals surface area contributed by atoms with Gasteiger partial charge in [0.1, 0.15) is 0 Å². The van der Waals surface area contributed by atoms with Crippen molar-refractivity contribution < 1.29 is 27.8 Å². The normalized spacial score (nSPS) is 23.6. The quantitative estimate of drug-likeness (QED) is 0.786. The number of carbonyl (C=O) groups excluding carboxylic acids is 1. The first-order valence-electron chi connectivity index (χ1n) is 8.67. The summed E-state index contributed by atoms with van der Waals surface area (Å²) in [4.78, 5) is 14.7. The number of fused-ring (bicyclic) bond motifs is 2. The van der Waals surface area contributed by atoms with E-state index in [1.807, 2.05) is 0 Å². The second kappa shape index (κ2) is 8.93. The minimum atomic E-state index is -3.02. The molecule has 1 aromatic carbocycles. The van der Waals surface area contributed by atoms with E-state index >= 15 is 0 Å². The van der Waals surface area contributed by atoms with Crippen molar-refractivity contribution in [2.24, 2.45) is 0 Å². The molecule has 2 atom stereocenters. The molecule has 2 unspecified atom stereocenters. The van der Waals surface area contributed by atoms with Gasteiger partial charge in [0, 0.05) is 30.7 Å². The fraction of sp³-hybridized carbons (Fsp3) is 0.611. The van der Waals surface area contributed by atoms with Gasteiger partial charge in [0.15, 0.2) is 11.5 Å². The van der Waals surface area contributed by atoms with Gasteiger partial charge in [0.05, 0.1) is 14.2 Å². The van der Waals surface area contributed by atoms with E-state index in [1.165, 1.54) is 26.4 Å². The van der Waals surface area contributed by atoms with Crippen LogP contribution in [0.25, 0.3) is 0 Å². The van der Waals surface area contributed by atoms with E-state index in [0.717, 1.165) is 25.7 Å². The van der Waals surface area contributed by atoms with Gasteiger partial charge >= 0.3 is 6.61 Å². The topological polar surface area (TPSA) is 60.0 Å². The molecule has 2 fully saturated rings. The van der Waals surface area contributed by atoms with Crippen molar-refractivity contribution in [3.8, 4) is 17.2 Å². The van der Waals surface area contributed by atoms with E-state index in [-0.39, 0.29) is 41.6 Å². The molecule has 6 nitrogen and oxygen atoms in total. The SMILES string of the molecule is COc1cc(C(=O)N(C)C2CC3CCC(C2)N3)cc(OC)c1OC(F)F.Cl. The highest BCUT2D eigenvalue weighted by Crippen LogP contribution is 2.40. The van der Waals surface area contributed by atoms with Crippen molar-refractivity contribution in [1.29, 1.82) is 0 Å². The maximum Gasteiger partial charge on any atom is 0.387 e. The largest absolute Gasteiger partial charge is 0.493 e. The minimum absolute atomic E-state index is 0. The fourth-order valence-corrected chi connectivity index (χ4v) is 3.92. The van der Waals surface area contributed by atoms with E-state index in [0.29, 0.717) is 17.6 Å². The van der Waals surface area contributed by atoms with Gasteiger partial charge in [-0.05, 0) is 37.8 Å². The zero-order valence-electron chi connectivity index (χ0n) is 15.5. The lowest BCUT2D eigenvalue weighted by Gasteiger charge is -2.35. The molecule has 0 radical (unpaired) electrons. The van der Waals surface area contributed by atoms with Crippen LogP contribution in [-0.2, 0) is 0 Å². The molecule has 2 saturated heterocycles. The summed E-state index contributed by atoms with van der Waals surface area (Å²) >= 11 is 0. The summed E-state index contributed by atoms with van der Waals surface area (Å²) in [6.45, 7) is -3.02. The Labute approximate surface area is 163 Å². The van der Waals surface area contributed by atoms with Crippen LogP contribution in [0.5, 0.6) is 17.2 Å². The Balaban J connectivity index is 0.00000261. The lowest BCUT2D eigenvalue weighted by atomic mass is 9.98. The second-order valence-electron chi connectivity index (χ2n) is 6.77. The smallest absolute Gasteiger partial charge is 0.387 e. The highest BCUT2D eigenvalue weighted by atomic mass is 35.5. The maximum atomic E-state index is 13.0. The molecule has 3 rings (SSSR count). The van der Waals surface area contributed by atoms with E-state index < -0.39 is 6.61 Å². The molecule has 0 saturated carbocycles. The van der Waals surface area contributed by atoms with Crippen LogP contribution in [0, 0.1) is 0 Å². The van der Waals surface area contributed by atoms with Crippen molar-refractivity contribution in [3.05, 3.63) is 17.7 Å². The van der Waals surface area contributed by atoms with Gasteiger partial charge in [-0.1, -0.05) is 0 Å². The Bertz CT molecular complexity index is 640. The molecule has 2 heterocycles. The van der Waals surface area contributed by atoms with Crippen molar-refractivity contribution >= 4 is 18.3 Å². The first-order chi connectivity index (χ1) is 12.4. The van der Waals surface area contributed by atoms with Crippen molar-refractivity contribution in [3.63, 3.8) is 0 Å². The van der Waals surface area contributed by atoms with Gasteiger partial charge < -0.3 is 24.4 Å². The van der Waals surface area contributed by atoms with E-state index in [1.54, 1.807) is 11.9 Å². The van der Waals surface area contributed by atoms with Gasteiger partial charge in [-0.15, -0.1) is 12.4 Å². The highest BCUT2D eigenvalue weighted by Gasteiger charge is 2.36. The third kappa shape index (κ3) is 4.55.